The quantitative estimate of drug-likeness (QED) is 0.615. The lowest BCUT2D eigenvalue weighted by atomic mass is 9.90. The normalized spacial score (nSPS) is 14.7. The molecule has 0 radical (unpaired) electrons. The molecule has 2 heterocycles. The molecule has 0 unspecified atom stereocenters. The fourth-order valence-corrected chi connectivity index (χ4v) is 4.10. The monoisotopic (exact) mass is 407 g/mol. The van der Waals surface area contributed by atoms with E-state index >= 15 is 0 Å². The lowest BCUT2D eigenvalue weighted by Crippen LogP contribution is -2.35. The third-order valence-electron chi connectivity index (χ3n) is 5.55. The van der Waals surface area contributed by atoms with Crippen LogP contribution in [0, 0.1) is 5.92 Å². The highest BCUT2D eigenvalue weighted by molar-refractivity contribution is 6.31. The number of nitrogens with one attached hydrogen (secondary N) is 1. The number of nitrogen functional groups attached to an aromatic ring is 1. The van der Waals surface area contributed by atoms with Crippen molar-refractivity contribution in [2.75, 3.05) is 29.0 Å². The number of aromatic nitrogens is 2. The van der Waals surface area contributed by atoms with Gasteiger partial charge in [0, 0.05) is 24.7 Å². The molecule has 3 N–H and O–H groups in total. The van der Waals surface area contributed by atoms with Gasteiger partial charge in [0.2, 0.25) is 0 Å². The first-order valence-corrected chi connectivity index (χ1v) is 10.4. The molecular weight excluding hydrogens is 382 g/mol. The van der Waals surface area contributed by atoms with Crippen molar-refractivity contribution in [1.82, 2.24) is 9.97 Å². The summed E-state index contributed by atoms with van der Waals surface area (Å²) in [6.45, 7) is 2.49. The van der Waals surface area contributed by atoms with Gasteiger partial charge < -0.3 is 16.0 Å². The zero-order valence-corrected chi connectivity index (χ0v) is 17.1. The van der Waals surface area contributed by atoms with Gasteiger partial charge in [0.15, 0.2) is 11.6 Å². The Bertz CT molecular complexity index is 939. The average molecular weight is 408 g/mol. The Morgan fingerprint density at radius 3 is 2.48 bits per heavy atom. The molecule has 0 aliphatic carbocycles. The Morgan fingerprint density at radius 1 is 1.00 bits per heavy atom. The summed E-state index contributed by atoms with van der Waals surface area (Å²) in [6, 6.07) is 18.5. The number of hydrogen-bond acceptors (Lipinski definition) is 5. The van der Waals surface area contributed by atoms with Gasteiger partial charge in [-0.2, -0.15) is 0 Å². The van der Waals surface area contributed by atoms with Crippen LogP contribution in [0.1, 0.15) is 24.0 Å². The summed E-state index contributed by atoms with van der Waals surface area (Å²) in [5.41, 5.74) is 9.44. The number of anilines is 3. The molecule has 3 aromatic rings. The van der Waals surface area contributed by atoms with Crippen LogP contribution < -0.4 is 16.0 Å². The first-order valence-electron chi connectivity index (χ1n) is 10.1. The number of rotatable bonds is 6. The van der Waals surface area contributed by atoms with Crippen molar-refractivity contribution in [3.8, 4) is 0 Å². The van der Waals surface area contributed by atoms with E-state index in [1.54, 1.807) is 6.33 Å². The number of halogens is 1. The van der Waals surface area contributed by atoms with Gasteiger partial charge in [-0.3, -0.25) is 0 Å². The van der Waals surface area contributed by atoms with E-state index in [1.165, 1.54) is 5.56 Å². The molecule has 150 valence electrons. The van der Waals surface area contributed by atoms with Crippen LogP contribution in [0.25, 0.3) is 0 Å². The maximum atomic E-state index is 6.41. The first-order chi connectivity index (χ1) is 14.2. The number of nitrogens with two attached hydrogens (primary N) is 1. The van der Waals surface area contributed by atoms with Crippen LogP contribution in [0.3, 0.4) is 0 Å². The molecule has 0 saturated carbocycles. The molecule has 2 aromatic carbocycles. The zero-order chi connectivity index (χ0) is 20.1. The third-order valence-corrected chi connectivity index (χ3v) is 5.92. The number of piperidine rings is 1. The molecule has 0 atom stereocenters. The standard InChI is InChI=1S/C23H26ClN5/c24-20-9-5-4-8-19(20)15-26-22-21(25)23(28-16-27-22)29-12-10-18(11-13-29)14-17-6-2-1-3-7-17/h1-9,16,18H,10-15,25H2,(H,26,27,28). The molecule has 6 heteroatoms. The highest BCUT2D eigenvalue weighted by atomic mass is 35.5. The van der Waals surface area contributed by atoms with Crippen molar-refractivity contribution >= 4 is 28.9 Å². The molecule has 29 heavy (non-hydrogen) atoms. The minimum atomic E-state index is 0.569. The van der Waals surface area contributed by atoms with Crippen LogP contribution >= 0.6 is 11.6 Å². The van der Waals surface area contributed by atoms with Gasteiger partial charge in [0.1, 0.15) is 12.0 Å². The van der Waals surface area contributed by atoms with Crippen LogP contribution in [0.2, 0.25) is 5.02 Å². The van der Waals surface area contributed by atoms with Crippen LogP contribution in [0.5, 0.6) is 0 Å². The highest BCUT2D eigenvalue weighted by Gasteiger charge is 2.23. The molecule has 1 aliphatic rings. The van der Waals surface area contributed by atoms with Gasteiger partial charge in [-0.1, -0.05) is 60.1 Å². The van der Waals surface area contributed by atoms with Crippen molar-refractivity contribution in [2.45, 2.75) is 25.8 Å². The number of hydrogen-bond donors (Lipinski definition) is 2. The van der Waals surface area contributed by atoms with E-state index in [0.717, 1.165) is 48.8 Å². The minimum Gasteiger partial charge on any atom is -0.393 e. The predicted molar refractivity (Wildman–Crippen MR) is 120 cm³/mol. The van der Waals surface area contributed by atoms with Gasteiger partial charge in [-0.05, 0) is 42.4 Å². The van der Waals surface area contributed by atoms with Crippen LogP contribution in [0.4, 0.5) is 17.3 Å². The SMILES string of the molecule is Nc1c(NCc2ccccc2Cl)ncnc1N1CCC(Cc2ccccc2)CC1. The summed E-state index contributed by atoms with van der Waals surface area (Å²) >= 11 is 6.24. The molecular formula is C23H26ClN5. The Morgan fingerprint density at radius 2 is 1.72 bits per heavy atom. The van der Waals surface area contributed by atoms with Crippen LogP contribution in [0.15, 0.2) is 60.9 Å². The Hall–Kier alpha value is -2.79. The Labute approximate surface area is 176 Å². The summed E-state index contributed by atoms with van der Waals surface area (Å²) in [5.74, 6) is 2.18. The second-order valence-electron chi connectivity index (χ2n) is 7.52. The lowest BCUT2D eigenvalue weighted by molar-refractivity contribution is 0.402. The highest BCUT2D eigenvalue weighted by Crippen LogP contribution is 2.31. The molecule has 1 fully saturated rings. The van der Waals surface area contributed by atoms with Crippen molar-refractivity contribution in [3.63, 3.8) is 0 Å². The van der Waals surface area contributed by atoms with Gasteiger partial charge in [-0.15, -0.1) is 0 Å². The summed E-state index contributed by atoms with van der Waals surface area (Å²) in [6.07, 6.45) is 5.00. The fraction of sp³-hybridized carbons (Fsp3) is 0.304. The van der Waals surface area contributed by atoms with E-state index in [4.69, 9.17) is 17.3 Å². The Balaban J connectivity index is 1.38. The second kappa shape index (κ2) is 9.14. The molecule has 0 spiro atoms. The zero-order valence-electron chi connectivity index (χ0n) is 16.4. The molecule has 1 saturated heterocycles. The largest absolute Gasteiger partial charge is 0.393 e. The van der Waals surface area contributed by atoms with Gasteiger partial charge in [0.25, 0.3) is 0 Å². The maximum Gasteiger partial charge on any atom is 0.157 e. The third kappa shape index (κ3) is 4.80. The first kappa shape index (κ1) is 19.5. The molecule has 4 rings (SSSR count). The lowest BCUT2D eigenvalue weighted by Gasteiger charge is -2.33. The Kier molecular flexibility index (Phi) is 6.15. The van der Waals surface area contributed by atoms with Crippen LogP contribution in [-0.2, 0) is 13.0 Å². The molecule has 1 aliphatic heterocycles. The number of nitrogens with zero attached hydrogens (tertiary/aromatic N) is 3. The van der Waals surface area contributed by atoms with Crippen molar-refractivity contribution < 1.29 is 0 Å². The van der Waals surface area contributed by atoms with E-state index in [1.807, 2.05) is 24.3 Å². The van der Waals surface area contributed by atoms with Crippen LogP contribution in [-0.4, -0.2) is 23.1 Å². The predicted octanol–water partition coefficient (Wildman–Crippen LogP) is 4.78. The fourth-order valence-electron chi connectivity index (χ4n) is 3.90. The van der Waals surface area contributed by atoms with Gasteiger partial charge in [-0.25, -0.2) is 9.97 Å². The van der Waals surface area contributed by atoms with E-state index in [-0.39, 0.29) is 0 Å². The maximum absolute atomic E-state index is 6.41. The average Bonchev–Trinajstić information content (AvgIpc) is 2.75. The van der Waals surface area contributed by atoms with Crippen molar-refractivity contribution in [3.05, 3.63) is 77.1 Å². The van der Waals surface area contributed by atoms with E-state index in [2.05, 4.69) is 50.5 Å². The second-order valence-corrected chi connectivity index (χ2v) is 7.93. The van der Waals surface area contributed by atoms with Gasteiger partial charge in [0.05, 0.1) is 0 Å². The van der Waals surface area contributed by atoms with Crippen molar-refractivity contribution in [1.29, 1.82) is 0 Å². The summed E-state index contributed by atoms with van der Waals surface area (Å²) in [7, 11) is 0. The van der Waals surface area contributed by atoms with E-state index in [9.17, 15) is 0 Å². The van der Waals surface area contributed by atoms with E-state index in [0.29, 0.717) is 24.0 Å². The molecule has 0 bridgehead atoms. The minimum absolute atomic E-state index is 0.569. The van der Waals surface area contributed by atoms with Gasteiger partial charge >= 0.3 is 0 Å². The number of benzene rings is 2. The molecule has 1 aromatic heterocycles. The summed E-state index contributed by atoms with van der Waals surface area (Å²) < 4.78 is 0. The summed E-state index contributed by atoms with van der Waals surface area (Å²) in [5, 5.41) is 4.03. The van der Waals surface area contributed by atoms with E-state index < -0.39 is 0 Å². The smallest absolute Gasteiger partial charge is 0.157 e. The van der Waals surface area contributed by atoms with Crippen molar-refractivity contribution in [2.24, 2.45) is 5.92 Å². The topological polar surface area (TPSA) is 67.1 Å². The molecule has 5 nitrogen and oxygen atoms in total. The summed E-state index contributed by atoms with van der Waals surface area (Å²) in [4.78, 5) is 11.1. The molecule has 0 amide bonds.